The molecular formula is C10H21N. The molecule has 0 bridgehead atoms. The Bertz CT molecular complexity index is 115. The Kier molecular flexibility index (Phi) is 2.58. The third-order valence-corrected chi connectivity index (χ3v) is 3.08. The highest BCUT2D eigenvalue weighted by Crippen LogP contribution is 2.32. The first-order valence-electron chi connectivity index (χ1n) is 4.79. The van der Waals surface area contributed by atoms with Crippen LogP contribution < -0.4 is 0 Å². The van der Waals surface area contributed by atoms with Gasteiger partial charge in [-0.25, -0.2) is 0 Å². The van der Waals surface area contributed by atoms with Crippen molar-refractivity contribution in [2.45, 2.75) is 46.7 Å². The highest BCUT2D eigenvalue weighted by molar-refractivity contribution is 4.91. The number of nitrogens with zero attached hydrogens (tertiary/aromatic N) is 1. The van der Waals surface area contributed by atoms with E-state index < -0.39 is 0 Å². The van der Waals surface area contributed by atoms with Crippen molar-refractivity contribution in [2.24, 2.45) is 11.8 Å². The Morgan fingerprint density at radius 2 is 1.73 bits per heavy atom. The Morgan fingerprint density at radius 1 is 1.18 bits per heavy atom. The Hall–Kier alpha value is -0.0400. The predicted molar refractivity (Wildman–Crippen MR) is 49.6 cm³/mol. The van der Waals surface area contributed by atoms with Crippen LogP contribution in [0.3, 0.4) is 0 Å². The molecule has 1 saturated heterocycles. The summed E-state index contributed by atoms with van der Waals surface area (Å²) in [5, 5.41) is 0. The molecule has 1 heterocycles. The minimum absolute atomic E-state index is 0.736. The SMILES string of the molecule is CC(C)C1CN(C(C)C)C1C. The Morgan fingerprint density at radius 3 is 2.00 bits per heavy atom. The molecule has 0 aliphatic carbocycles. The molecule has 0 saturated carbocycles. The van der Waals surface area contributed by atoms with Crippen molar-refractivity contribution in [3.63, 3.8) is 0 Å². The molecule has 1 aliphatic heterocycles. The van der Waals surface area contributed by atoms with Crippen LogP contribution in [0.2, 0.25) is 0 Å². The van der Waals surface area contributed by atoms with E-state index >= 15 is 0 Å². The van der Waals surface area contributed by atoms with Crippen LogP contribution in [0.1, 0.15) is 34.6 Å². The highest BCUT2D eigenvalue weighted by atomic mass is 15.2. The molecule has 2 atom stereocenters. The maximum absolute atomic E-state index is 2.57. The van der Waals surface area contributed by atoms with E-state index in [-0.39, 0.29) is 0 Å². The van der Waals surface area contributed by atoms with Gasteiger partial charge in [-0.3, -0.25) is 4.90 Å². The summed E-state index contributed by atoms with van der Waals surface area (Å²) in [6.07, 6.45) is 0. The molecular weight excluding hydrogens is 134 g/mol. The minimum atomic E-state index is 0.736. The zero-order valence-electron chi connectivity index (χ0n) is 8.46. The lowest BCUT2D eigenvalue weighted by atomic mass is 9.80. The molecule has 0 aromatic carbocycles. The lowest BCUT2D eigenvalue weighted by molar-refractivity contribution is -0.0236. The van der Waals surface area contributed by atoms with E-state index in [2.05, 4.69) is 39.5 Å². The van der Waals surface area contributed by atoms with Gasteiger partial charge in [0, 0.05) is 18.6 Å². The third kappa shape index (κ3) is 1.58. The first-order valence-corrected chi connectivity index (χ1v) is 4.79. The van der Waals surface area contributed by atoms with Crippen molar-refractivity contribution >= 4 is 0 Å². The van der Waals surface area contributed by atoms with Gasteiger partial charge in [-0.2, -0.15) is 0 Å². The second kappa shape index (κ2) is 3.14. The van der Waals surface area contributed by atoms with Crippen molar-refractivity contribution in [1.82, 2.24) is 4.90 Å². The van der Waals surface area contributed by atoms with Gasteiger partial charge in [-0.15, -0.1) is 0 Å². The van der Waals surface area contributed by atoms with E-state index in [1.54, 1.807) is 0 Å². The molecule has 66 valence electrons. The van der Waals surface area contributed by atoms with Gasteiger partial charge in [-0.1, -0.05) is 13.8 Å². The van der Waals surface area contributed by atoms with E-state index in [1.165, 1.54) is 6.54 Å². The van der Waals surface area contributed by atoms with E-state index in [9.17, 15) is 0 Å². The molecule has 1 rings (SSSR count). The smallest absolute Gasteiger partial charge is 0.0113 e. The van der Waals surface area contributed by atoms with Crippen molar-refractivity contribution < 1.29 is 0 Å². The quantitative estimate of drug-likeness (QED) is 0.592. The van der Waals surface area contributed by atoms with Crippen LogP contribution in [-0.2, 0) is 0 Å². The summed E-state index contributed by atoms with van der Waals surface area (Å²) >= 11 is 0. The lowest BCUT2D eigenvalue weighted by Crippen LogP contribution is -2.58. The van der Waals surface area contributed by atoms with Crippen LogP contribution in [0.15, 0.2) is 0 Å². The summed E-state index contributed by atoms with van der Waals surface area (Å²) in [6.45, 7) is 12.9. The molecule has 1 heteroatoms. The maximum atomic E-state index is 2.57. The number of likely N-dealkylation sites (tertiary alicyclic amines) is 1. The second-order valence-electron chi connectivity index (χ2n) is 4.44. The van der Waals surface area contributed by atoms with Crippen molar-refractivity contribution in [1.29, 1.82) is 0 Å². The predicted octanol–water partition coefficient (Wildman–Crippen LogP) is 2.37. The fraction of sp³-hybridized carbons (Fsp3) is 1.00. The molecule has 0 aromatic heterocycles. The van der Waals surface area contributed by atoms with Crippen LogP contribution >= 0.6 is 0 Å². The number of hydrogen-bond acceptors (Lipinski definition) is 1. The first kappa shape index (κ1) is 9.05. The summed E-state index contributed by atoms with van der Waals surface area (Å²) in [6, 6.07) is 1.55. The lowest BCUT2D eigenvalue weighted by Gasteiger charge is -2.51. The van der Waals surface area contributed by atoms with E-state index in [0.29, 0.717) is 0 Å². The Labute approximate surface area is 70.8 Å². The summed E-state index contributed by atoms with van der Waals surface area (Å²) in [7, 11) is 0. The Balaban J connectivity index is 2.38. The van der Waals surface area contributed by atoms with Crippen LogP contribution in [0.25, 0.3) is 0 Å². The third-order valence-electron chi connectivity index (χ3n) is 3.08. The van der Waals surface area contributed by atoms with E-state index in [1.807, 2.05) is 0 Å². The zero-order valence-corrected chi connectivity index (χ0v) is 8.46. The van der Waals surface area contributed by atoms with Crippen LogP contribution in [0, 0.1) is 11.8 Å². The second-order valence-corrected chi connectivity index (χ2v) is 4.44. The van der Waals surface area contributed by atoms with Crippen molar-refractivity contribution in [3.8, 4) is 0 Å². The fourth-order valence-electron chi connectivity index (χ4n) is 2.12. The summed E-state index contributed by atoms with van der Waals surface area (Å²) < 4.78 is 0. The van der Waals surface area contributed by atoms with Gasteiger partial charge < -0.3 is 0 Å². The maximum Gasteiger partial charge on any atom is 0.0113 e. The summed E-state index contributed by atoms with van der Waals surface area (Å²) in [5.41, 5.74) is 0. The van der Waals surface area contributed by atoms with Crippen LogP contribution in [0.4, 0.5) is 0 Å². The molecule has 0 amide bonds. The van der Waals surface area contributed by atoms with Crippen molar-refractivity contribution in [2.75, 3.05) is 6.54 Å². The van der Waals surface area contributed by atoms with Gasteiger partial charge in [0.25, 0.3) is 0 Å². The topological polar surface area (TPSA) is 3.24 Å². The van der Waals surface area contributed by atoms with Crippen LogP contribution in [0.5, 0.6) is 0 Å². The summed E-state index contributed by atoms with van der Waals surface area (Å²) in [4.78, 5) is 2.57. The number of hydrogen-bond donors (Lipinski definition) is 0. The monoisotopic (exact) mass is 155 g/mol. The van der Waals surface area contributed by atoms with Gasteiger partial charge in [0.05, 0.1) is 0 Å². The standard InChI is InChI=1S/C10H21N/c1-7(2)10-6-11(8(3)4)9(10)5/h7-10H,6H2,1-5H3. The zero-order chi connectivity index (χ0) is 8.59. The van der Waals surface area contributed by atoms with Gasteiger partial charge in [-0.05, 0) is 32.6 Å². The van der Waals surface area contributed by atoms with Gasteiger partial charge in [0.1, 0.15) is 0 Å². The van der Waals surface area contributed by atoms with Gasteiger partial charge >= 0.3 is 0 Å². The minimum Gasteiger partial charge on any atom is -0.298 e. The van der Waals surface area contributed by atoms with Crippen LogP contribution in [-0.4, -0.2) is 23.5 Å². The average molecular weight is 155 g/mol. The highest BCUT2D eigenvalue weighted by Gasteiger charge is 2.37. The number of rotatable bonds is 2. The molecule has 1 fully saturated rings. The van der Waals surface area contributed by atoms with E-state index in [0.717, 1.165) is 23.9 Å². The first-order chi connectivity index (χ1) is 5.04. The molecule has 0 spiro atoms. The molecule has 2 unspecified atom stereocenters. The van der Waals surface area contributed by atoms with Crippen molar-refractivity contribution in [3.05, 3.63) is 0 Å². The fourth-order valence-corrected chi connectivity index (χ4v) is 2.12. The molecule has 0 aromatic rings. The normalized spacial score (nSPS) is 33.0. The largest absolute Gasteiger partial charge is 0.298 e. The van der Waals surface area contributed by atoms with Gasteiger partial charge in [0.2, 0.25) is 0 Å². The molecule has 0 radical (unpaired) electrons. The average Bonchev–Trinajstić information content (AvgIpc) is 1.82. The molecule has 0 N–H and O–H groups in total. The molecule has 11 heavy (non-hydrogen) atoms. The molecule has 1 aliphatic rings. The molecule has 1 nitrogen and oxygen atoms in total. The van der Waals surface area contributed by atoms with Gasteiger partial charge in [0.15, 0.2) is 0 Å². The summed E-state index contributed by atoms with van der Waals surface area (Å²) in [5.74, 6) is 1.80. The van der Waals surface area contributed by atoms with E-state index in [4.69, 9.17) is 0 Å².